The van der Waals surface area contributed by atoms with Gasteiger partial charge >= 0.3 is 0 Å². The lowest BCUT2D eigenvalue weighted by Crippen LogP contribution is -2.42. The molecule has 2 atom stereocenters. The van der Waals surface area contributed by atoms with Crippen LogP contribution in [-0.2, 0) is 0 Å². The maximum Gasteiger partial charge on any atom is 0.126 e. The van der Waals surface area contributed by atoms with Gasteiger partial charge in [0.25, 0.3) is 0 Å². The van der Waals surface area contributed by atoms with Crippen molar-refractivity contribution in [2.24, 2.45) is 5.41 Å². The van der Waals surface area contributed by atoms with Gasteiger partial charge in [-0.25, -0.2) is 4.39 Å². The van der Waals surface area contributed by atoms with Gasteiger partial charge in [-0.15, -0.1) is 0 Å². The van der Waals surface area contributed by atoms with Gasteiger partial charge in [0, 0.05) is 12.5 Å². The van der Waals surface area contributed by atoms with Gasteiger partial charge < -0.3 is 5.32 Å². The molecule has 88 valence electrons. The van der Waals surface area contributed by atoms with E-state index in [2.05, 4.69) is 19.2 Å². The molecule has 2 heteroatoms. The number of nitrogens with one attached hydrogen (secondary N) is 1. The fourth-order valence-corrected chi connectivity index (χ4v) is 2.71. The Morgan fingerprint density at radius 1 is 1.44 bits per heavy atom. The van der Waals surface area contributed by atoms with Gasteiger partial charge in [0.2, 0.25) is 0 Å². The molecular weight excluding hydrogens is 201 g/mol. The van der Waals surface area contributed by atoms with E-state index >= 15 is 0 Å². The molecule has 1 aliphatic heterocycles. The van der Waals surface area contributed by atoms with Crippen LogP contribution in [0.5, 0.6) is 0 Å². The molecule has 1 fully saturated rings. The first kappa shape index (κ1) is 11.6. The summed E-state index contributed by atoms with van der Waals surface area (Å²) in [6.45, 7) is 6.44. The van der Waals surface area contributed by atoms with Crippen LogP contribution in [0.4, 0.5) is 4.39 Å². The number of hydrogen-bond acceptors (Lipinski definition) is 1. The van der Waals surface area contributed by atoms with Gasteiger partial charge in [-0.2, -0.15) is 0 Å². The van der Waals surface area contributed by atoms with Crippen LogP contribution in [0.1, 0.15) is 38.2 Å². The van der Waals surface area contributed by atoms with Crippen molar-refractivity contribution in [3.63, 3.8) is 0 Å². The molecule has 0 saturated carbocycles. The predicted molar refractivity (Wildman–Crippen MR) is 65.0 cm³/mol. The van der Waals surface area contributed by atoms with Crippen molar-refractivity contribution in [1.82, 2.24) is 5.32 Å². The molecule has 0 radical (unpaired) electrons. The molecule has 0 bridgehead atoms. The van der Waals surface area contributed by atoms with E-state index in [0.29, 0.717) is 5.92 Å². The minimum atomic E-state index is -0.0594. The van der Waals surface area contributed by atoms with E-state index in [0.717, 1.165) is 31.5 Å². The topological polar surface area (TPSA) is 12.0 Å². The quantitative estimate of drug-likeness (QED) is 0.807. The molecule has 1 N–H and O–H groups in total. The summed E-state index contributed by atoms with van der Waals surface area (Å²) in [5.74, 6) is 0.239. The molecule has 1 heterocycles. The average molecular weight is 221 g/mol. The average Bonchev–Trinajstić information content (AvgIpc) is 2.31. The molecule has 1 saturated heterocycles. The minimum Gasteiger partial charge on any atom is -0.316 e. The van der Waals surface area contributed by atoms with E-state index in [4.69, 9.17) is 0 Å². The van der Waals surface area contributed by atoms with Crippen LogP contribution in [0, 0.1) is 11.2 Å². The summed E-state index contributed by atoms with van der Waals surface area (Å²) in [4.78, 5) is 0. The SMILES string of the molecule is CCC1(C)CCNCC1c1ccccc1F. The summed E-state index contributed by atoms with van der Waals surface area (Å²) in [7, 11) is 0. The Balaban J connectivity index is 2.34. The predicted octanol–water partition coefficient (Wildman–Crippen LogP) is 3.32. The molecule has 1 aromatic rings. The second-order valence-electron chi connectivity index (χ2n) is 5.04. The number of piperidine rings is 1. The Labute approximate surface area is 97.1 Å². The third-order valence-corrected chi connectivity index (χ3v) is 4.15. The van der Waals surface area contributed by atoms with E-state index in [1.54, 1.807) is 12.1 Å². The zero-order chi connectivity index (χ0) is 11.6. The molecule has 2 unspecified atom stereocenters. The molecule has 2 rings (SSSR count). The summed E-state index contributed by atoms with van der Waals surface area (Å²) < 4.78 is 13.8. The highest BCUT2D eigenvalue weighted by Gasteiger charge is 2.36. The fraction of sp³-hybridized carbons (Fsp3) is 0.571. The molecule has 1 aliphatic rings. The monoisotopic (exact) mass is 221 g/mol. The molecule has 0 amide bonds. The number of hydrogen-bond donors (Lipinski definition) is 1. The summed E-state index contributed by atoms with van der Waals surface area (Å²) >= 11 is 0. The van der Waals surface area contributed by atoms with Crippen molar-refractivity contribution in [3.8, 4) is 0 Å². The van der Waals surface area contributed by atoms with Crippen molar-refractivity contribution < 1.29 is 4.39 Å². The zero-order valence-corrected chi connectivity index (χ0v) is 10.1. The fourth-order valence-electron chi connectivity index (χ4n) is 2.71. The van der Waals surface area contributed by atoms with Gasteiger partial charge in [0.05, 0.1) is 0 Å². The molecule has 0 spiro atoms. The molecule has 0 aliphatic carbocycles. The summed E-state index contributed by atoms with van der Waals surface area (Å²) in [6, 6.07) is 7.20. The Morgan fingerprint density at radius 2 is 2.19 bits per heavy atom. The Bertz CT molecular complexity index is 364. The van der Waals surface area contributed by atoms with Crippen LogP contribution >= 0.6 is 0 Å². The van der Waals surface area contributed by atoms with Crippen molar-refractivity contribution in [2.45, 2.75) is 32.6 Å². The normalized spacial score (nSPS) is 30.3. The standard InChI is InChI=1S/C14H20FN/c1-3-14(2)8-9-16-10-12(14)11-6-4-5-7-13(11)15/h4-7,12,16H,3,8-10H2,1-2H3. The van der Waals surface area contributed by atoms with Crippen LogP contribution in [0.3, 0.4) is 0 Å². The first-order chi connectivity index (χ1) is 7.67. The highest BCUT2D eigenvalue weighted by molar-refractivity contribution is 5.25. The summed E-state index contributed by atoms with van der Waals surface area (Å²) in [6.07, 6.45) is 2.23. The molecule has 0 aromatic heterocycles. The molecule has 1 nitrogen and oxygen atoms in total. The largest absolute Gasteiger partial charge is 0.316 e. The van der Waals surface area contributed by atoms with Crippen molar-refractivity contribution in [1.29, 1.82) is 0 Å². The molecule has 16 heavy (non-hydrogen) atoms. The summed E-state index contributed by atoms with van der Waals surface area (Å²) in [5.41, 5.74) is 1.10. The molecular formula is C14H20FN. The van der Waals surface area contributed by atoms with Crippen LogP contribution < -0.4 is 5.32 Å². The van der Waals surface area contributed by atoms with Gasteiger partial charge in [0.15, 0.2) is 0 Å². The highest BCUT2D eigenvalue weighted by Crippen LogP contribution is 2.43. The number of halogens is 1. The van der Waals surface area contributed by atoms with Crippen LogP contribution in [-0.4, -0.2) is 13.1 Å². The smallest absolute Gasteiger partial charge is 0.126 e. The van der Waals surface area contributed by atoms with Crippen molar-refractivity contribution in [2.75, 3.05) is 13.1 Å². The molecule has 1 aromatic carbocycles. The Morgan fingerprint density at radius 3 is 2.88 bits per heavy atom. The lowest BCUT2D eigenvalue weighted by atomic mass is 9.67. The lowest BCUT2D eigenvalue weighted by Gasteiger charge is -2.41. The van der Waals surface area contributed by atoms with Crippen LogP contribution in [0.25, 0.3) is 0 Å². The van der Waals surface area contributed by atoms with Crippen LogP contribution in [0.15, 0.2) is 24.3 Å². The first-order valence-corrected chi connectivity index (χ1v) is 6.12. The second-order valence-corrected chi connectivity index (χ2v) is 5.04. The second kappa shape index (κ2) is 4.54. The Kier molecular flexibility index (Phi) is 3.29. The van der Waals surface area contributed by atoms with Crippen molar-refractivity contribution in [3.05, 3.63) is 35.6 Å². The maximum absolute atomic E-state index is 13.8. The third kappa shape index (κ3) is 1.99. The zero-order valence-electron chi connectivity index (χ0n) is 10.1. The first-order valence-electron chi connectivity index (χ1n) is 6.12. The van der Waals surface area contributed by atoms with Crippen molar-refractivity contribution >= 4 is 0 Å². The van der Waals surface area contributed by atoms with Gasteiger partial charge in [-0.3, -0.25) is 0 Å². The lowest BCUT2D eigenvalue weighted by molar-refractivity contribution is 0.177. The van der Waals surface area contributed by atoms with E-state index in [9.17, 15) is 4.39 Å². The van der Waals surface area contributed by atoms with Gasteiger partial charge in [-0.05, 0) is 30.0 Å². The maximum atomic E-state index is 13.8. The number of benzene rings is 1. The number of rotatable bonds is 2. The Hall–Kier alpha value is -0.890. The summed E-state index contributed by atoms with van der Waals surface area (Å²) in [5, 5.41) is 3.38. The minimum absolute atomic E-state index is 0.0594. The highest BCUT2D eigenvalue weighted by atomic mass is 19.1. The van der Waals surface area contributed by atoms with E-state index in [1.165, 1.54) is 0 Å². The van der Waals surface area contributed by atoms with Gasteiger partial charge in [0.1, 0.15) is 5.82 Å². The van der Waals surface area contributed by atoms with Crippen LogP contribution in [0.2, 0.25) is 0 Å². The van der Waals surface area contributed by atoms with Gasteiger partial charge in [-0.1, -0.05) is 38.5 Å². The van der Waals surface area contributed by atoms with E-state index in [1.807, 2.05) is 12.1 Å². The van der Waals surface area contributed by atoms with E-state index in [-0.39, 0.29) is 11.2 Å². The third-order valence-electron chi connectivity index (χ3n) is 4.15. The van der Waals surface area contributed by atoms with E-state index < -0.39 is 0 Å².